The minimum absolute atomic E-state index is 0.251. The lowest BCUT2D eigenvalue weighted by molar-refractivity contribution is -0.146. The Balaban J connectivity index is 2.39. The first kappa shape index (κ1) is 11.9. The number of anilines is 1. The molecular weight excluding hydrogens is 225 g/mol. The van der Waals surface area contributed by atoms with Crippen molar-refractivity contribution in [3.63, 3.8) is 0 Å². The fourth-order valence-corrected chi connectivity index (χ4v) is 2.11. The van der Waals surface area contributed by atoms with Gasteiger partial charge in [0, 0.05) is 24.3 Å². The normalized spacial score (nSPS) is 17.2. The van der Waals surface area contributed by atoms with Crippen molar-refractivity contribution in [2.75, 3.05) is 18.0 Å². The van der Waals surface area contributed by atoms with E-state index in [4.69, 9.17) is 5.11 Å². The monoisotopic (exact) mass is 239 g/mol. The van der Waals surface area contributed by atoms with Crippen LogP contribution in [0.2, 0.25) is 0 Å². The van der Waals surface area contributed by atoms with Crippen molar-refractivity contribution in [1.29, 1.82) is 0 Å². The summed E-state index contributed by atoms with van der Waals surface area (Å²) in [4.78, 5) is 12.7. The molecule has 1 unspecified atom stereocenters. The molecule has 0 aliphatic carbocycles. The number of nitrogens with zero attached hydrogens (tertiary/aromatic N) is 1. The summed E-state index contributed by atoms with van der Waals surface area (Å²) in [7, 11) is 0. The average molecular weight is 239 g/mol. The summed E-state index contributed by atoms with van der Waals surface area (Å²) in [6.07, 6.45) is 0.393. The predicted octanol–water partition coefficient (Wildman–Crippen LogP) is 1.54. The number of hydrogen-bond acceptors (Lipinski definition) is 3. The van der Waals surface area contributed by atoms with E-state index in [0.29, 0.717) is 5.69 Å². The van der Waals surface area contributed by atoms with Crippen LogP contribution in [-0.2, 0) is 4.79 Å². The molecule has 0 amide bonds. The number of hydrogen-bond donors (Lipinski definition) is 2. The van der Waals surface area contributed by atoms with Gasteiger partial charge < -0.3 is 15.1 Å². The fraction of sp³-hybridized carbons (Fsp3) is 0.417. The van der Waals surface area contributed by atoms with Crippen molar-refractivity contribution < 1.29 is 19.4 Å². The number of aliphatic carboxylic acids is 1. The van der Waals surface area contributed by atoms with Gasteiger partial charge in [0.25, 0.3) is 0 Å². The Bertz CT molecular complexity index is 430. The van der Waals surface area contributed by atoms with E-state index in [0.717, 1.165) is 25.9 Å². The van der Waals surface area contributed by atoms with Gasteiger partial charge in [-0.1, -0.05) is 6.07 Å². The molecular formula is C12H14FNO3. The Hall–Kier alpha value is -1.62. The van der Waals surface area contributed by atoms with Crippen LogP contribution < -0.4 is 4.90 Å². The second-order valence-electron chi connectivity index (χ2n) is 4.14. The van der Waals surface area contributed by atoms with Crippen molar-refractivity contribution in [3.05, 3.63) is 29.6 Å². The standard InChI is InChI=1S/C12H14FNO3/c13-8-3-4-9(11(15)12(16)17)10(7-8)14-5-1-2-6-14/h3-4,7,11,15H,1-2,5-6H2,(H,16,17). The number of carboxylic acids is 1. The molecule has 0 bridgehead atoms. The summed E-state index contributed by atoms with van der Waals surface area (Å²) in [5.41, 5.74) is 0.734. The number of carbonyl (C=O) groups is 1. The molecule has 1 heterocycles. The number of rotatable bonds is 3. The molecule has 1 atom stereocenters. The number of aliphatic hydroxyl groups is 1. The molecule has 1 saturated heterocycles. The van der Waals surface area contributed by atoms with E-state index in [9.17, 15) is 14.3 Å². The summed E-state index contributed by atoms with van der Waals surface area (Å²) < 4.78 is 13.2. The first-order valence-corrected chi connectivity index (χ1v) is 5.55. The highest BCUT2D eigenvalue weighted by Crippen LogP contribution is 2.30. The zero-order valence-electron chi connectivity index (χ0n) is 9.27. The third-order valence-corrected chi connectivity index (χ3v) is 2.97. The third-order valence-electron chi connectivity index (χ3n) is 2.97. The predicted molar refractivity (Wildman–Crippen MR) is 60.4 cm³/mol. The Morgan fingerprint density at radius 1 is 1.35 bits per heavy atom. The molecule has 92 valence electrons. The maximum Gasteiger partial charge on any atom is 0.337 e. The molecule has 0 radical (unpaired) electrons. The maximum absolute atomic E-state index is 13.2. The van der Waals surface area contributed by atoms with Gasteiger partial charge in [0.2, 0.25) is 0 Å². The van der Waals surface area contributed by atoms with E-state index in [1.165, 1.54) is 18.2 Å². The topological polar surface area (TPSA) is 60.8 Å². The molecule has 1 aromatic rings. The Morgan fingerprint density at radius 2 is 2.00 bits per heavy atom. The van der Waals surface area contributed by atoms with Gasteiger partial charge in [-0.2, -0.15) is 0 Å². The molecule has 0 aromatic heterocycles. The van der Waals surface area contributed by atoms with Gasteiger partial charge >= 0.3 is 5.97 Å². The summed E-state index contributed by atoms with van der Waals surface area (Å²) >= 11 is 0. The highest BCUT2D eigenvalue weighted by molar-refractivity contribution is 5.77. The van der Waals surface area contributed by atoms with E-state index in [1.807, 2.05) is 4.90 Å². The van der Waals surface area contributed by atoms with Crippen LogP contribution in [0.5, 0.6) is 0 Å². The molecule has 0 spiro atoms. The zero-order chi connectivity index (χ0) is 12.4. The van der Waals surface area contributed by atoms with Crippen molar-refractivity contribution >= 4 is 11.7 Å². The number of benzene rings is 1. The molecule has 1 aromatic carbocycles. The lowest BCUT2D eigenvalue weighted by Crippen LogP contribution is -2.22. The van der Waals surface area contributed by atoms with Crippen LogP contribution >= 0.6 is 0 Å². The van der Waals surface area contributed by atoms with E-state index < -0.39 is 17.9 Å². The van der Waals surface area contributed by atoms with Crippen molar-refractivity contribution in [2.45, 2.75) is 18.9 Å². The van der Waals surface area contributed by atoms with Gasteiger partial charge in [-0.05, 0) is 25.0 Å². The molecule has 0 saturated carbocycles. The van der Waals surface area contributed by atoms with Gasteiger partial charge in [0.05, 0.1) is 0 Å². The summed E-state index contributed by atoms with van der Waals surface area (Å²) in [6, 6.07) is 3.79. The molecule has 1 fully saturated rings. The number of aliphatic hydroxyl groups excluding tert-OH is 1. The lowest BCUT2D eigenvalue weighted by atomic mass is 10.1. The number of carboxylic acid groups (broad SMARTS) is 1. The molecule has 1 aliphatic rings. The smallest absolute Gasteiger partial charge is 0.337 e. The largest absolute Gasteiger partial charge is 0.479 e. The van der Waals surface area contributed by atoms with Gasteiger partial charge in [0.15, 0.2) is 6.10 Å². The van der Waals surface area contributed by atoms with Crippen molar-refractivity contribution in [1.82, 2.24) is 0 Å². The average Bonchev–Trinajstić information content (AvgIpc) is 2.81. The highest BCUT2D eigenvalue weighted by Gasteiger charge is 2.24. The van der Waals surface area contributed by atoms with Crippen molar-refractivity contribution in [3.8, 4) is 0 Å². The quantitative estimate of drug-likeness (QED) is 0.840. The van der Waals surface area contributed by atoms with E-state index in [2.05, 4.69) is 0 Å². The summed E-state index contributed by atoms with van der Waals surface area (Å²) in [5.74, 6) is -1.75. The van der Waals surface area contributed by atoms with E-state index in [-0.39, 0.29) is 5.56 Å². The van der Waals surface area contributed by atoms with Crippen LogP contribution in [0.15, 0.2) is 18.2 Å². The SMILES string of the molecule is O=C(O)C(O)c1ccc(F)cc1N1CCCC1. The number of halogens is 1. The highest BCUT2D eigenvalue weighted by atomic mass is 19.1. The van der Waals surface area contributed by atoms with Crippen molar-refractivity contribution in [2.24, 2.45) is 0 Å². The van der Waals surface area contributed by atoms with Crippen LogP contribution in [-0.4, -0.2) is 29.3 Å². The Morgan fingerprint density at radius 3 is 2.59 bits per heavy atom. The van der Waals surface area contributed by atoms with Crippen LogP contribution in [0, 0.1) is 5.82 Å². The first-order valence-electron chi connectivity index (χ1n) is 5.55. The molecule has 1 aliphatic heterocycles. The fourth-order valence-electron chi connectivity index (χ4n) is 2.11. The molecule has 2 rings (SSSR count). The minimum atomic E-state index is -1.61. The zero-order valence-corrected chi connectivity index (χ0v) is 9.27. The maximum atomic E-state index is 13.2. The van der Waals surface area contributed by atoms with Gasteiger partial charge in [-0.15, -0.1) is 0 Å². The van der Waals surface area contributed by atoms with Gasteiger partial charge in [-0.3, -0.25) is 0 Å². The third kappa shape index (κ3) is 2.39. The van der Waals surface area contributed by atoms with Gasteiger partial charge in [-0.25, -0.2) is 9.18 Å². The molecule has 17 heavy (non-hydrogen) atoms. The first-order chi connectivity index (χ1) is 8.09. The molecule has 5 heteroatoms. The van der Waals surface area contributed by atoms with Crippen LogP contribution in [0.1, 0.15) is 24.5 Å². The van der Waals surface area contributed by atoms with E-state index in [1.54, 1.807) is 0 Å². The Kier molecular flexibility index (Phi) is 3.28. The van der Waals surface area contributed by atoms with Crippen LogP contribution in [0.3, 0.4) is 0 Å². The second kappa shape index (κ2) is 4.71. The summed E-state index contributed by atoms with van der Waals surface area (Å²) in [5, 5.41) is 18.4. The molecule has 4 nitrogen and oxygen atoms in total. The van der Waals surface area contributed by atoms with Gasteiger partial charge in [0.1, 0.15) is 5.82 Å². The van der Waals surface area contributed by atoms with Crippen LogP contribution in [0.4, 0.5) is 10.1 Å². The minimum Gasteiger partial charge on any atom is -0.479 e. The van der Waals surface area contributed by atoms with E-state index >= 15 is 0 Å². The lowest BCUT2D eigenvalue weighted by Gasteiger charge is -2.22. The van der Waals surface area contributed by atoms with Crippen LogP contribution in [0.25, 0.3) is 0 Å². The molecule has 2 N–H and O–H groups in total. The summed E-state index contributed by atoms with van der Waals surface area (Å²) in [6.45, 7) is 1.53. The second-order valence-corrected chi connectivity index (χ2v) is 4.14. The Labute approximate surface area is 98.3 Å².